The van der Waals surface area contributed by atoms with Gasteiger partial charge in [0.1, 0.15) is 0 Å². The Labute approximate surface area is 142 Å². The first kappa shape index (κ1) is 20.3. The van der Waals surface area contributed by atoms with Gasteiger partial charge < -0.3 is 11.1 Å². The summed E-state index contributed by atoms with van der Waals surface area (Å²) in [5, 5.41) is 12.9. The number of ketones is 1. The number of halogens is 1. The van der Waals surface area contributed by atoms with Gasteiger partial charge in [-0.25, -0.2) is 4.79 Å². The molecule has 0 aliphatic carbocycles. The molecule has 3 N–H and O–H groups in total. The highest BCUT2D eigenvalue weighted by Crippen LogP contribution is 2.23. The van der Waals surface area contributed by atoms with Gasteiger partial charge in [0.05, 0.1) is 8.49 Å². The van der Waals surface area contributed by atoms with Crippen LogP contribution in [0.4, 0.5) is 10.5 Å². The summed E-state index contributed by atoms with van der Waals surface area (Å²) in [4.78, 5) is 31.6. The number of hydrogen-bond donors (Lipinski definition) is 2. The third kappa shape index (κ3) is 7.91. The Bertz CT molecular complexity index is 547. The molecule has 0 unspecified atom stereocenters. The maximum Gasteiger partial charge on any atom is 0.311 e. The number of rotatable bonds is 5. The Balaban J connectivity index is 0.000000763. The van der Waals surface area contributed by atoms with E-state index in [0.717, 1.165) is 6.42 Å². The average Bonchev–Trinajstić information content (AvgIpc) is 2.45. The Kier molecular flexibility index (Phi) is 9.31. The molecule has 0 aromatic heterocycles. The van der Waals surface area contributed by atoms with Gasteiger partial charge in [-0.3, -0.25) is 14.9 Å². The monoisotopic (exact) mass is 421 g/mol. The topological polar surface area (TPSA) is 115 Å². The molecule has 0 spiro atoms. The molecule has 0 fully saturated rings. The fraction of sp³-hybridized carbons (Fsp3) is 0.429. The number of carbonyl (C=O) groups is 2. The van der Waals surface area contributed by atoms with E-state index >= 15 is 0 Å². The van der Waals surface area contributed by atoms with Gasteiger partial charge in [-0.2, -0.15) is 0 Å². The van der Waals surface area contributed by atoms with Gasteiger partial charge in [-0.15, -0.1) is 0 Å². The number of nitrogens with one attached hydrogen (secondary N) is 1. The zero-order chi connectivity index (χ0) is 17.3. The summed E-state index contributed by atoms with van der Waals surface area (Å²) in [5.74, 6) is 0.427. The third-order valence-corrected chi connectivity index (χ3v) is 3.57. The lowest BCUT2D eigenvalue weighted by atomic mass is 10.0. The van der Waals surface area contributed by atoms with Gasteiger partial charge in [0.2, 0.25) is 0 Å². The van der Waals surface area contributed by atoms with Gasteiger partial charge in [-0.05, 0) is 47.1 Å². The molecule has 1 aromatic carbocycles. The molecule has 0 bridgehead atoms. The molecule has 0 aliphatic rings. The number of hydrogen-bond acceptors (Lipinski definition) is 4. The highest BCUT2D eigenvalue weighted by Gasteiger charge is 2.15. The molecule has 7 nitrogen and oxygen atoms in total. The van der Waals surface area contributed by atoms with Crippen molar-refractivity contribution in [2.75, 3.05) is 7.05 Å². The maximum absolute atomic E-state index is 11.8. The minimum atomic E-state index is -0.495. The predicted octanol–water partition coefficient (Wildman–Crippen LogP) is 3.10. The summed E-state index contributed by atoms with van der Waals surface area (Å²) in [7, 11) is 1.47. The van der Waals surface area contributed by atoms with Crippen LogP contribution in [0.3, 0.4) is 0 Å². The molecule has 8 heteroatoms. The van der Waals surface area contributed by atoms with Crippen LogP contribution in [-0.2, 0) is 0 Å². The number of urea groups is 1. The zero-order valence-electron chi connectivity index (χ0n) is 12.8. The Hall–Kier alpha value is -1.71. The summed E-state index contributed by atoms with van der Waals surface area (Å²) < 4.78 is 0.549. The second-order valence-electron chi connectivity index (χ2n) is 4.89. The van der Waals surface area contributed by atoms with Crippen molar-refractivity contribution in [3.8, 4) is 0 Å². The molecule has 0 aliphatic heterocycles. The van der Waals surface area contributed by atoms with Gasteiger partial charge >= 0.3 is 6.03 Å². The number of nitrogens with zero attached hydrogens (tertiary/aromatic N) is 1. The lowest BCUT2D eigenvalue weighted by Gasteiger charge is -2.04. The van der Waals surface area contributed by atoms with Crippen LogP contribution in [0.25, 0.3) is 0 Å². The number of nitro benzene ring substituents is 1. The third-order valence-electron chi connectivity index (χ3n) is 2.66. The first-order chi connectivity index (χ1) is 10.2. The molecular weight excluding hydrogens is 401 g/mol. The molecule has 122 valence electrons. The van der Waals surface area contributed by atoms with E-state index in [1.54, 1.807) is 12.1 Å². The predicted molar refractivity (Wildman–Crippen MR) is 92.9 cm³/mol. The number of nitro groups is 1. The van der Waals surface area contributed by atoms with Crippen molar-refractivity contribution in [1.29, 1.82) is 0 Å². The minimum absolute atomic E-state index is 0.000923. The Morgan fingerprint density at radius 2 is 1.95 bits per heavy atom. The van der Waals surface area contributed by atoms with Crippen LogP contribution >= 0.6 is 22.6 Å². The quantitative estimate of drug-likeness (QED) is 0.329. The summed E-state index contributed by atoms with van der Waals surface area (Å²) >= 11 is 1.89. The number of amides is 2. The van der Waals surface area contributed by atoms with E-state index < -0.39 is 11.0 Å². The second-order valence-corrected chi connectivity index (χ2v) is 6.06. The number of primary amides is 1. The van der Waals surface area contributed by atoms with E-state index in [2.05, 4.69) is 11.1 Å². The van der Waals surface area contributed by atoms with Crippen LogP contribution in [-0.4, -0.2) is 23.8 Å². The maximum atomic E-state index is 11.8. The van der Waals surface area contributed by atoms with Crippen LogP contribution in [0.2, 0.25) is 0 Å². The van der Waals surface area contributed by atoms with Gasteiger partial charge in [0, 0.05) is 25.1 Å². The molecule has 0 atom stereocenters. The Morgan fingerprint density at radius 1 is 1.41 bits per heavy atom. The van der Waals surface area contributed by atoms with E-state index in [4.69, 9.17) is 0 Å². The van der Waals surface area contributed by atoms with Crippen LogP contribution < -0.4 is 11.1 Å². The summed E-state index contributed by atoms with van der Waals surface area (Å²) in [6.45, 7) is 4.09. The highest BCUT2D eigenvalue weighted by atomic mass is 127. The number of carbonyl (C=O) groups excluding carboxylic acids is 2. The highest BCUT2D eigenvalue weighted by molar-refractivity contribution is 14.1. The molecule has 2 amide bonds. The largest absolute Gasteiger partial charge is 0.352 e. The lowest BCUT2D eigenvalue weighted by Crippen LogP contribution is -2.24. The van der Waals surface area contributed by atoms with Gasteiger partial charge in [0.25, 0.3) is 5.69 Å². The van der Waals surface area contributed by atoms with Crippen molar-refractivity contribution in [1.82, 2.24) is 5.32 Å². The number of nitrogens with two attached hydrogens (primary N) is 1. The fourth-order valence-electron chi connectivity index (χ4n) is 1.39. The molecule has 1 rings (SSSR count). The normalized spacial score (nSPS) is 9.68. The van der Waals surface area contributed by atoms with E-state index in [1.165, 1.54) is 13.1 Å². The average molecular weight is 421 g/mol. The number of Topliss-reactive ketones (excluding diaryl/α,β-unsaturated/α-hetero) is 1. The van der Waals surface area contributed by atoms with E-state index in [9.17, 15) is 19.7 Å². The van der Waals surface area contributed by atoms with Crippen LogP contribution in [0, 0.1) is 19.6 Å². The van der Waals surface area contributed by atoms with Crippen molar-refractivity contribution >= 4 is 40.1 Å². The lowest BCUT2D eigenvalue weighted by molar-refractivity contribution is -0.385. The molecule has 0 heterocycles. The fourth-order valence-corrected chi connectivity index (χ4v) is 1.92. The Morgan fingerprint density at radius 3 is 2.36 bits per heavy atom. The van der Waals surface area contributed by atoms with Crippen LogP contribution in [0.1, 0.15) is 37.0 Å². The van der Waals surface area contributed by atoms with Crippen LogP contribution in [0.15, 0.2) is 18.2 Å². The first-order valence-corrected chi connectivity index (χ1v) is 7.71. The summed E-state index contributed by atoms with van der Waals surface area (Å²) in [5.41, 5.74) is 4.97. The molecule has 1 aromatic rings. The molecule has 0 saturated heterocycles. The minimum Gasteiger partial charge on any atom is -0.352 e. The van der Waals surface area contributed by atoms with Gasteiger partial charge in [0.15, 0.2) is 5.78 Å². The van der Waals surface area contributed by atoms with E-state index in [0.29, 0.717) is 21.5 Å². The van der Waals surface area contributed by atoms with Crippen molar-refractivity contribution in [2.45, 2.75) is 26.7 Å². The van der Waals surface area contributed by atoms with E-state index in [1.807, 2.05) is 36.4 Å². The first-order valence-electron chi connectivity index (χ1n) is 6.63. The van der Waals surface area contributed by atoms with E-state index in [-0.39, 0.29) is 11.5 Å². The van der Waals surface area contributed by atoms with Crippen molar-refractivity contribution in [2.24, 2.45) is 11.7 Å². The standard InChI is InChI=1S/C12H14INO3.C2H6N2O/c1-8(2)3-6-12(15)9-4-5-10(13)11(7-9)14(16)17;1-4-2(3)5/h4-5,7-8H,3,6H2,1-2H3;1H3,(H3,3,4,5). The van der Waals surface area contributed by atoms with Crippen molar-refractivity contribution in [3.05, 3.63) is 37.4 Å². The number of benzene rings is 1. The summed E-state index contributed by atoms with van der Waals surface area (Å²) in [6, 6.07) is 4.13. The summed E-state index contributed by atoms with van der Waals surface area (Å²) in [6.07, 6.45) is 1.24. The SMILES string of the molecule is CC(C)CCC(=O)c1ccc(I)c([N+](=O)[O-])c1.CNC(N)=O. The molecular formula is C14H20IN3O4. The molecule has 0 saturated carbocycles. The molecule has 22 heavy (non-hydrogen) atoms. The zero-order valence-corrected chi connectivity index (χ0v) is 14.9. The van der Waals surface area contributed by atoms with Crippen molar-refractivity contribution < 1.29 is 14.5 Å². The molecule has 0 radical (unpaired) electrons. The van der Waals surface area contributed by atoms with Gasteiger partial charge in [-0.1, -0.05) is 13.8 Å². The second kappa shape index (κ2) is 10.1. The van der Waals surface area contributed by atoms with Crippen molar-refractivity contribution in [3.63, 3.8) is 0 Å². The smallest absolute Gasteiger partial charge is 0.311 e. The van der Waals surface area contributed by atoms with Crippen LogP contribution in [0.5, 0.6) is 0 Å².